The summed E-state index contributed by atoms with van der Waals surface area (Å²) >= 11 is 13.7. The lowest BCUT2D eigenvalue weighted by Crippen LogP contribution is -1.68. The second-order valence-corrected chi connectivity index (χ2v) is 28.1. The molecule has 0 amide bonds. The smallest absolute Gasteiger partial charge is 0.213 e. The number of aromatic nitrogens is 30. The van der Waals surface area contributed by atoms with Gasteiger partial charge in [-0.1, -0.05) is 25.4 Å². The standard InChI is InChI=1S/C5H7N.C5H6O.C5H6S.2C4H6N2.3C4H5NS.2C3H5N3.3C3H4N2O.5C3H4N2S/c3*1-5-3-2-4-6-5;1-4-2-5-3-6-4;1-4-2-3-5-6-4;1-4-2-6-3-5-4;1-4-2-5-3-6-4;1-4-5-2-3-6-4;1-3-4-2-5-6-3;1-3-2-4-6-5-3;1-3-5-4-2-6-3;1-3-2-4-5-6-3;1-3-2-4-6-5-3;1-3-5-4-2-6-3;1-3-4-2-5-6-3;1-3-2-6-5-4-3;1-3-2-4-5-6-3;1-3-2-4-6-5-3/h2-4,6H,1H3;2*2-4H,1H3;2*2-3H,1H3,(H,5,6);3*2-3H,1H3;2*2H,1H3,(H,4,5,6);8*2H,1H3. The Bertz CT molecular complexity index is 3230. The predicted molar refractivity (Wildman–Crippen MR) is 428 cm³/mol. The maximum atomic E-state index is 4.83. The average molecular weight is 1640 g/mol. The Morgan fingerprint density at radius 3 is 1.46 bits per heavy atom. The van der Waals surface area contributed by atoms with E-state index in [2.05, 4.69) is 187 Å². The lowest BCUT2D eigenvalue weighted by Gasteiger charge is -1.70. The molecule has 0 aromatic carbocycles. The summed E-state index contributed by atoms with van der Waals surface area (Å²) in [5, 5.41) is 68.3. The summed E-state index contributed by atoms with van der Waals surface area (Å²) in [7, 11) is 0. The molecule has 0 atom stereocenters. The average Bonchev–Trinajstić information content (AvgIpc) is 4.43. The first-order chi connectivity index (χ1) is 52.1. The number of nitrogens with zero attached hydrogens (tertiary/aromatic N) is 25. The molecular formula is C65H88N30O4S9. The summed E-state index contributed by atoms with van der Waals surface area (Å²) in [4.78, 5) is 32.8. The fourth-order valence-electron chi connectivity index (χ4n) is 4.92. The van der Waals surface area contributed by atoms with Gasteiger partial charge in [-0.2, -0.15) is 38.7 Å². The molecule has 18 rings (SSSR count). The van der Waals surface area contributed by atoms with Crippen molar-refractivity contribution in [2.24, 2.45) is 0 Å². The minimum atomic E-state index is 0.606. The van der Waals surface area contributed by atoms with Crippen molar-refractivity contribution in [3.63, 3.8) is 0 Å². The van der Waals surface area contributed by atoms with Crippen LogP contribution in [0.2, 0.25) is 0 Å². The van der Waals surface area contributed by atoms with E-state index in [1.807, 2.05) is 174 Å². The van der Waals surface area contributed by atoms with Crippen molar-refractivity contribution in [3.05, 3.63) is 273 Å². The molecule has 0 aliphatic carbocycles. The van der Waals surface area contributed by atoms with Gasteiger partial charge >= 0.3 is 0 Å². The normalized spacial score (nSPS) is 8.83. The first-order valence-electron chi connectivity index (χ1n) is 31.2. The Labute approximate surface area is 662 Å². The zero-order chi connectivity index (χ0) is 79.3. The molecule has 0 fully saturated rings. The number of H-pyrrole nitrogens is 5. The van der Waals surface area contributed by atoms with Crippen LogP contribution in [0.15, 0.2) is 192 Å². The Kier molecular flexibility index (Phi) is 57.7. The molecule has 34 nitrogen and oxygen atoms in total. The molecule has 576 valence electrons. The van der Waals surface area contributed by atoms with Crippen LogP contribution in [-0.4, -0.2) is 149 Å². The summed E-state index contributed by atoms with van der Waals surface area (Å²) < 4.78 is 36.7. The SMILES string of the molecule is Cc1ccc[nH]1.Cc1ccco1.Cc1cccs1.Cc1ccn[nH]1.Cc1cn[nH]n1.Cc1cnc[nH]1.Cc1cncs1.Cc1cnno1.Cc1cnns1.Cc1cnon1.Cc1cnsn1.Cc1cscn1.Cc1csnn1.Cc1nccs1.Cc1ncn[nH]1.Cc1ncns1.Cc1nnco1.Cc1nncs1. The van der Waals surface area contributed by atoms with E-state index in [1.165, 1.54) is 74.5 Å². The highest BCUT2D eigenvalue weighted by Gasteiger charge is 1.86. The van der Waals surface area contributed by atoms with E-state index >= 15 is 0 Å². The van der Waals surface area contributed by atoms with Gasteiger partial charge in [0.2, 0.25) is 12.3 Å². The molecule has 18 heterocycles. The van der Waals surface area contributed by atoms with Gasteiger partial charge < -0.3 is 23.3 Å². The molecule has 0 aliphatic heterocycles. The molecule has 0 spiro atoms. The molecule has 18 aromatic rings. The maximum Gasteiger partial charge on any atom is 0.213 e. The van der Waals surface area contributed by atoms with Crippen molar-refractivity contribution in [3.8, 4) is 0 Å². The quantitative estimate of drug-likeness (QED) is 0.0941. The number of rotatable bonds is 0. The number of furan rings is 1. The lowest BCUT2D eigenvalue weighted by atomic mass is 10.5. The molecule has 18 aromatic heterocycles. The minimum absolute atomic E-state index is 0.606. The van der Waals surface area contributed by atoms with Crippen LogP contribution in [0.3, 0.4) is 0 Å². The number of hydrogen-bond donors (Lipinski definition) is 5. The van der Waals surface area contributed by atoms with E-state index in [0.717, 1.165) is 77.1 Å². The summed E-state index contributed by atoms with van der Waals surface area (Å²) in [6.45, 7) is 34.7. The highest BCUT2D eigenvalue weighted by atomic mass is 32.1. The Morgan fingerprint density at radius 2 is 1.30 bits per heavy atom. The summed E-state index contributed by atoms with van der Waals surface area (Å²) in [6.07, 6.45) is 25.0. The molecular weight excluding hydrogens is 1550 g/mol. The van der Waals surface area contributed by atoms with E-state index < -0.39 is 0 Å². The number of imidazole rings is 1. The third kappa shape index (κ3) is 63.5. The highest BCUT2D eigenvalue weighted by molar-refractivity contribution is 7.10. The highest BCUT2D eigenvalue weighted by Crippen LogP contribution is 2.04. The zero-order valence-electron chi connectivity index (χ0n) is 62.7. The van der Waals surface area contributed by atoms with Crippen LogP contribution in [0.1, 0.15) is 98.4 Å². The summed E-state index contributed by atoms with van der Waals surface area (Å²) in [6, 6.07) is 13.9. The van der Waals surface area contributed by atoms with Crippen molar-refractivity contribution >= 4 is 103 Å². The van der Waals surface area contributed by atoms with Crippen LogP contribution in [0.4, 0.5) is 0 Å². The fraction of sp³-hybridized carbons (Fsp3) is 0.277. The van der Waals surface area contributed by atoms with Crippen LogP contribution < -0.4 is 0 Å². The van der Waals surface area contributed by atoms with Crippen molar-refractivity contribution < 1.29 is 18.0 Å². The zero-order valence-corrected chi connectivity index (χ0v) is 70.1. The van der Waals surface area contributed by atoms with Crippen molar-refractivity contribution in [1.29, 1.82) is 0 Å². The first kappa shape index (κ1) is 95.1. The number of thiophene rings is 1. The Hall–Kier alpha value is -10.9. The molecule has 0 aliphatic rings. The van der Waals surface area contributed by atoms with Crippen molar-refractivity contribution in [2.75, 3.05) is 0 Å². The second kappa shape index (κ2) is 65.6. The predicted octanol–water partition coefficient (Wildman–Crippen LogP) is 16.4. The van der Waals surface area contributed by atoms with Gasteiger partial charge in [0.05, 0.1) is 88.4 Å². The van der Waals surface area contributed by atoms with Gasteiger partial charge in [0.25, 0.3) is 0 Å². The molecule has 43 heteroatoms. The van der Waals surface area contributed by atoms with Gasteiger partial charge in [0.1, 0.15) is 45.5 Å². The van der Waals surface area contributed by atoms with E-state index in [0.29, 0.717) is 5.89 Å². The van der Waals surface area contributed by atoms with Gasteiger partial charge in [0, 0.05) is 96.7 Å². The molecule has 0 radical (unpaired) electrons. The van der Waals surface area contributed by atoms with Crippen LogP contribution in [0, 0.1) is 125 Å². The van der Waals surface area contributed by atoms with Crippen LogP contribution in [0.5, 0.6) is 0 Å². The van der Waals surface area contributed by atoms with E-state index in [1.54, 1.807) is 145 Å². The molecule has 0 unspecified atom stereocenters. The largest absolute Gasteiger partial charge is 0.470 e. The van der Waals surface area contributed by atoms with Crippen LogP contribution >= 0.6 is 103 Å². The van der Waals surface area contributed by atoms with Gasteiger partial charge in [-0.25, -0.2) is 19.6 Å². The third-order valence-corrected chi connectivity index (χ3v) is 15.7. The molecule has 0 saturated heterocycles. The number of hydrogen-bond acceptors (Lipinski definition) is 38. The number of aryl methyl sites for hydroxylation is 18. The van der Waals surface area contributed by atoms with E-state index in [9.17, 15) is 0 Å². The first-order valence-corrected chi connectivity index (χ1v) is 38.8. The van der Waals surface area contributed by atoms with E-state index in [-0.39, 0.29) is 0 Å². The Morgan fingerprint density at radius 1 is 0.463 bits per heavy atom. The number of nitrogens with one attached hydrogen (secondary N) is 5. The molecule has 5 N–H and O–H groups in total. The monoisotopic (exact) mass is 1640 g/mol. The fourth-order valence-corrected chi connectivity index (χ4v) is 8.69. The topological polar surface area (TPSA) is 454 Å². The van der Waals surface area contributed by atoms with Gasteiger partial charge in [-0.15, -0.1) is 92.4 Å². The second-order valence-electron chi connectivity index (χ2n) is 19.8. The van der Waals surface area contributed by atoms with Crippen LogP contribution in [-0.2, 0) is 0 Å². The number of thiazole rings is 3. The summed E-state index contributed by atoms with van der Waals surface area (Å²) in [5.74, 6) is 3.18. The van der Waals surface area contributed by atoms with Crippen molar-refractivity contribution in [1.82, 2.24) is 149 Å². The van der Waals surface area contributed by atoms with E-state index in [4.69, 9.17) is 4.42 Å². The third-order valence-electron chi connectivity index (χ3n) is 9.86. The van der Waals surface area contributed by atoms with Gasteiger partial charge in [0.15, 0.2) is 5.76 Å². The summed E-state index contributed by atoms with van der Waals surface area (Å²) in [5.41, 5.74) is 13.7. The van der Waals surface area contributed by atoms with Crippen LogP contribution in [0.25, 0.3) is 0 Å². The Balaban J connectivity index is 0.000000572. The lowest BCUT2D eigenvalue weighted by molar-refractivity contribution is 0.304. The minimum Gasteiger partial charge on any atom is -0.470 e. The van der Waals surface area contributed by atoms with Gasteiger partial charge in [-0.3, -0.25) is 25.1 Å². The maximum absolute atomic E-state index is 4.83. The molecule has 0 bridgehead atoms. The number of aromatic amines is 5. The van der Waals surface area contributed by atoms with Gasteiger partial charge in [-0.05, 0) is 194 Å². The van der Waals surface area contributed by atoms with Crippen molar-refractivity contribution in [2.45, 2.75) is 125 Å². The molecule has 0 saturated carbocycles. The molecule has 108 heavy (non-hydrogen) atoms.